The molecule has 3 aliphatic rings. The molecule has 0 unspecified atom stereocenters. The van der Waals surface area contributed by atoms with Crippen molar-refractivity contribution in [3.05, 3.63) is 84.7 Å². The molecule has 4 atom stereocenters. The zero-order valence-corrected chi connectivity index (χ0v) is 34.9. The number of aromatic nitrogens is 4. The number of aromatic amines is 2. The van der Waals surface area contributed by atoms with Gasteiger partial charge >= 0.3 is 12.2 Å². The summed E-state index contributed by atoms with van der Waals surface area (Å²) < 4.78 is 21.9. The maximum absolute atomic E-state index is 14.1. The van der Waals surface area contributed by atoms with Gasteiger partial charge in [0, 0.05) is 13.0 Å². The van der Waals surface area contributed by atoms with Gasteiger partial charge in [0.05, 0.1) is 69.8 Å². The van der Waals surface area contributed by atoms with E-state index in [9.17, 15) is 19.2 Å². The molecule has 2 aromatic heterocycles. The number of benzene rings is 2. The summed E-state index contributed by atoms with van der Waals surface area (Å²) in [6.45, 7) is 12.9. The van der Waals surface area contributed by atoms with Crippen molar-refractivity contribution in [1.82, 2.24) is 40.4 Å². The molecule has 16 nitrogen and oxygen atoms in total. The van der Waals surface area contributed by atoms with Gasteiger partial charge in [-0.2, -0.15) is 0 Å². The number of nitrogens with one attached hydrogen (secondary N) is 4. The lowest BCUT2D eigenvalue weighted by Crippen LogP contribution is -2.52. The van der Waals surface area contributed by atoms with Gasteiger partial charge in [0.1, 0.15) is 23.7 Å². The monoisotopic (exact) mass is 822 g/mol. The number of nitrogens with zero attached hydrogens (tertiary/aromatic N) is 4. The predicted molar refractivity (Wildman–Crippen MR) is 222 cm³/mol. The Morgan fingerprint density at radius 1 is 0.733 bits per heavy atom. The Kier molecular flexibility index (Phi) is 12.4. The second-order valence-corrected chi connectivity index (χ2v) is 16.3. The second kappa shape index (κ2) is 17.7. The van der Waals surface area contributed by atoms with Crippen molar-refractivity contribution < 1.29 is 38.1 Å². The van der Waals surface area contributed by atoms with Crippen molar-refractivity contribution >= 4 is 24.0 Å². The molecule has 60 heavy (non-hydrogen) atoms. The Morgan fingerprint density at radius 3 is 1.65 bits per heavy atom. The zero-order valence-electron chi connectivity index (χ0n) is 34.9. The van der Waals surface area contributed by atoms with E-state index in [1.54, 1.807) is 22.2 Å². The van der Waals surface area contributed by atoms with Crippen LogP contribution in [0.3, 0.4) is 0 Å². The number of ether oxygens (including phenoxy) is 4. The van der Waals surface area contributed by atoms with E-state index in [1.807, 2.05) is 64.1 Å². The molecule has 5 heterocycles. The van der Waals surface area contributed by atoms with Crippen LogP contribution in [0.1, 0.15) is 70.7 Å². The number of carbonyl (C=O) groups excluding carboxylic acids is 4. The Balaban J connectivity index is 1.04. The number of likely N-dealkylation sites (tertiary alicyclic amines) is 2. The van der Waals surface area contributed by atoms with Crippen LogP contribution < -0.4 is 10.6 Å². The largest absolute Gasteiger partial charge is 0.453 e. The van der Waals surface area contributed by atoms with Gasteiger partial charge in [-0.25, -0.2) is 19.6 Å². The molecule has 1 spiro atoms. The summed E-state index contributed by atoms with van der Waals surface area (Å²) in [5, 5.41) is 5.39. The predicted octanol–water partition coefficient (Wildman–Crippen LogP) is 6.13. The second-order valence-electron chi connectivity index (χ2n) is 16.3. The molecule has 7 rings (SSSR count). The van der Waals surface area contributed by atoms with Crippen molar-refractivity contribution in [1.29, 1.82) is 0 Å². The number of H-pyrrole nitrogens is 2. The fraction of sp³-hybridized carbons (Fsp3) is 0.455. The quantitative estimate of drug-likeness (QED) is 0.128. The minimum Gasteiger partial charge on any atom is -0.453 e. The lowest BCUT2D eigenvalue weighted by atomic mass is 10.0. The standard InChI is InChI=1S/C44H54N8O8/c1-25(2)36(49-42(55)57-6)40(53)51-18-8-9-34(51)38-45-20-32(47-38)30-14-10-28(11-15-30)29-12-16-31(17-13-29)33-21-46-39(48-33)35-19-44(59-22-27(5)23-60-44)24-52(35)41(54)37(26(3)4)50-43(56)58-7/h10-17,20-21,25-26,34-37H,5,8-9,18-19,22-24H2,1-4,6-7H3,(H,45,47)(H,46,48)(H,49,55)(H,50,56)/t34-,35-,36-,37-/m0/s1. The Bertz CT molecular complexity index is 2190. The molecule has 4 amide bonds. The number of alkyl carbamates (subject to hydrolysis) is 2. The number of rotatable bonds is 11. The summed E-state index contributed by atoms with van der Waals surface area (Å²) >= 11 is 0. The number of hydrogen-bond acceptors (Lipinski definition) is 10. The minimum absolute atomic E-state index is 0.115. The van der Waals surface area contributed by atoms with Crippen molar-refractivity contribution in [2.24, 2.45) is 11.8 Å². The number of methoxy groups -OCH3 is 2. The van der Waals surface area contributed by atoms with Crippen LogP contribution in [-0.4, -0.2) is 112 Å². The van der Waals surface area contributed by atoms with Gasteiger partial charge in [-0.1, -0.05) is 82.8 Å². The number of carbonyl (C=O) groups is 4. The first kappa shape index (κ1) is 42.1. The minimum atomic E-state index is -1.03. The van der Waals surface area contributed by atoms with Crippen LogP contribution in [0.4, 0.5) is 9.59 Å². The van der Waals surface area contributed by atoms with Gasteiger partial charge < -0.3 is 49.3 Å². The zero-order chi connectivity index (χ0) is 42.7. The van der Waals surface area contributed by atoms with Gasteiger partial charge in [0.15, 0.2) is 5.79 Å². The van der Waals surface area contributed by atoms with Gasteiger partial charge in [-0.3, -0.25) is 9.59 Å². The van der Waals surface area contributed by atoms with E-state index >= 15 is 0 Å². The summed E-state index contributed by atoms with van der Waals surface area (Å²) in [7, 11) is 2.55. The summed E-state index contributed by atoms with van der Waals surface area (Å²) in [5.74, 6) is -0.499. The first-order chi connectivity index (χ1) is 28.8. The molecule has 4 aromatic rings. The molecule has 2 aromatic carbocycles. The van der Waals surface area contributed by atoms with Crippen molar-refractivity contribution in [2.45, 2.75) is 76.9 Å². The molecule has 0 bridgehead atoms. The number of amides is 4. The highest BCUT2D eigenvalue weighted by atomic mass is 16.7. The normalized spacial score (nSPS) is 19.8. The van der Waals surface area contributed by atoms with E-state index in [0.29, 0.717) is 37.8 Å². The van der Waals surface area contributed by atoms with Gasteiger partial charge in [-0.05, 0) is 52.5 Å². The van der Waals surface area contributed by atoms with Crippen LogP contribution in [0.15, 0.2) is 73.1 Å². The molecule has 3 saturated heterocycles. The molecule has 3 aliphatic heterocycles. The third-order valence-electron chi connectivity index (χ3n) is 11.5. The topological polar surface area (TPSA) is 193 Å². The smallest absolute Gasteiger partial charge is 0.407 e. The van der Waals surface area contributed by atoms with Crippen LogP contribution in [0.2, 0.25) is 0 Å². The first-order valence-corrected chi connectivity index (χ1v) is 20.3. The lowest BCUT2D eigenvalue weighted by Gasteiger charge is -2.35. The Morgan fingerprint density at radius 2 is 1.18 bits per heavy atom. The fourth-order valence-electron chi connectivity index (χ4n) is 8.14. The highest BCUT2D eigenvalue weighted by Gasteiger charge is 2.52. The summed E-state index contributed by atoms with van der Waals surface area (Å²) in [6, 6.07) is 14.1. The van der Waals surface area contributed by atoms with E-state index < -0.39 is 36.1 Å². The molecule has 0 radical (unpaired) electrons. The lowest BCUT2D eigenvalue weighted by molar-refractivity contribution is -0.240. The van der Waals surface area contributed by atoms with E-state index in [-0.39, 0.29) is 36.2 Å². The van der Waals surface area contributed by atoms with Crippen molar-refractivity contribution in [2.75, 3.05) is 40.5 Å². The van der Waals surface area contributed by atoms with Crippen LogP contribution in [0.25, 0.3) is 33.6 Å². The van der Waals surface area contributed by atoms with Crippen LogP contribution in [0, 0.1) is 11.8 Å². The highest BCUT2D eigenvalue weighted by Crippen LogP contribution is 2.43. The molecular weight excluding hydrogens is 769 g/mol. The average molecular weight is 823 g/mol. The summed E-state index contributed by atoms with van der Waals surface area (Å²) in [5.41, 5.74) is 6.37. The Hall–Kier alpha value is -6.00. The molecule has 3 fully saturated rings. The summed E-state index contributed by atoms with van der Waals surface area (Å²) in [4.78, 5) is 71.6. The van der Waals surface area contributed by atoms with E-state index in [2.05, 4.69) is 44.3 Å². The Labute approximate surface area is 349 Å². The van der Waals surface area contributed by atoms with E-state index in [0.717, 1.165) is 52.1 Å². The van der Waals surface area contributed by atoms with E-state index in [1.165, 1.54) is 14.2 Å². The third-order valence-corrected chi connectivity index (χ3v) is 11.5. The van der Waals surface area contributed by atoms with Gasteiger partial charge in [0.2, 0.25) is 11.8 Å². The van der Waals surface area contributed by atoms with Crippen LogP contribution in [0.5, 0.6) is 0 Å². The fourth-order valence-corrected chi connectivity index (χ4v) is 8.14. The third kappa shape index (κ3) is 8.80. The SMILES string of the molecule is C=C1COC2(C[C@@H](c3ncc(-c4ccc(-c5ccc(-c6cnc([C@@H]7CCCN7C(=O)[C@@H](NC(=O)OC)C(C)C)[nH]6)cc5)cc4)[nH]3)N(C(=O)[C@@H](NC(=O)OC)C(C)C)C2)OC1. The summed E-state index contributed by atoms with van der Waals surface area (Å²) in [6.07, 6.45) is 4.19. The number of hydrogen-bond donors (Lipinski definition) is 4. The maximum Gasteiger partial charge on any atom is 0.407 e. The molecule has 16 heteroatoms. The molecule has 4 N–H and O–H groups in total. The van der Waals surface area contributed by atoms with Crippen LogP contribution in [-0.2, 0) is 28.5 Å². The molecule has 0 saturated carbocycles. The van der Waals surface area contributed by atoms with Crippen molar-refractivity contribution in [3.8, 4) is 33.6 Å². The molecule has 318 valence electrons. The highest BCUT2D eigenvalue weighted by molar-refractivity contribution is 5.87. The first-order valence-electron chi connectivity index (χ1n) is 20.3. The van der Waals surface area contributed by atoms with E-state index in [4.69, 9.17) is 23.9 Å². The van der Waals surface area contributed by atoms with Gasteiger partial charge in [-0.15, -0.1) is 0 Å². The average Bonchev–Trinajstić information content (AvgIpc) is 4.09. The van der Waals surface area contributed by atoms with Crippen LogP contribution >= 0.6 is 0 Å². The van der Waals surface area contributed by atoms with Gasteiger partial charge in [0.25, 0.3) is 0 Å². The molecule has 0 aliphatic carbocycles. The molecular formula is C44H54N8O8. The number of imidazole rings is 2. The maximum atomic E-state index is 14.1. The van der Waals surface area contributed by atoms with Crippen molar-refractivity contribution in [3.63, 3.8) is 0 Å².